The average Bonchev–Trinajstić information content (AvgIpc) is 3.00. The minimum absolute atomic E-state index is 0.273. The summed E-state index contributed by atoms with van der Waals surface area (Å²) in [5, 5.41) is 2.94. The lowest BCUT2D eigenvalue weighted by molar-refractivity contribution is 0.145. The van der Waals surface area contributed by atoms with E-state index >= 15 is 0 Å². The van der Waals surface area contributed by atoms with E-state index in [4.69, 9.17) is 0 Å². The summed E-state index contributed by atoms with van der Waals surface area (Å²) in [7, 11) is 0. The zero-order chi connectivity index (χ0) is 15.9. The zero-order valence-electron chi connectivity index (χ0n) is 12.5. The van der Waals surface area contributed by atoms with Gasteiger partial charge in [-0.2, -0.15) is 0 Å². The Morgan fingerprint density at radius 2 is 2.00 bits per heavy atom. The van der Waals surface area contributed by atoms with Gasteiger partial charge in [0.25, 0.3) is 6.43 Å². The van der Waals surface area contributed by atoms with E-state index in [9.17, 15) is 8.78 Å². The molecule has 1 heterocycles. The Labute approximate surface area is 130 Å². The van der Waals surface area contributed by atoms with Gasteiger partial charge in [0.2, 0.25) is 0 Å². The van der Waals surface area contributed by atoms with E-state index in [1.807, 2.05) is 12.2 Å². The summed E-state index contributed by atoms with van der Waals surface area (Å²) >= 11 is 0. The molecule has 0 radical (unpaired) electrons. The molecule has 1 aromatic rings. The van der Waals surface area contributed by atoms with Gasteiger partial charge in [-0.05, 0) is 43.9 Å². The quantitative estimate of drug-likeness (QED) is 0.735. The van der Waals surface area contributed by atoms with Gasteiger partial charge in [0.1, 0.15) is 5.69 Å². The molecule has 1 N–H and O–H groups in total. The smallest absolute Gasteiger partial charge is 0.281 e. The van der Waals surface area contributed by atoms with Crippen LogP contribution in [0.5, 0.6) is 0 Å². The summed E-state index contributed by atoms with van der Waals surface area (Å²) in [6, 6.07) is 3.18. The molecule has 1 aliphatic carbocycles. The molecule has 0 unspecified atom stereocenters. The summed E-state index contributed by atoms with van der Waals surface area (Å²) < 4.78 is 25.9. The molecule has 1 fully saturated rings. The van der Waals surface area contributed by atoms with Gasteiger partial charge in [0, 0.05) is 23.2 Å². The monoisotopic (exact) mass is 302 g/mol. The maximum atomic E-state index is 12.9. The minimum Gasteiger partial charge on any atom is -0.356 e. The maximum Gasteiger partial charge on any atom is 0.281 e. The third-order valence-corrected chi connectivity index (χ3v) is 3.56. The molecule has 22 heavy (non-hydrogen) atoms. The summed E-state index contributed by atoms with van der Waals surface area (Å²) in [6.07, 6.45) is 9.38. The van der Waals surface area contributed by atoms with Crippen LogP contribution in [0.1, 0.15) is 43.4 Å². The lowest BCUT2D eigenvalue weighted by Gasteiger charge is -2.12. The highest BCUT2D eigenvalue weighted by atomic mass is 19.3. The second-order valence-corrected chi connectivity index (χ2v) is 5.26. The molecule has 1 saturated carbocycles. The Bertz CT molecular complexity index is 607. The molecular weight excluding hydrogens is 282 g/mol. The second-order valence-electron chi connectivity index (χ2n) is 5.26. The largest absolute Gasteiger partial charge is 0.356 e. The van der Waals surface area contributed by atoms with Crippen LogP contribution in [0, 0.1) is 0 Å². The van der Waals surface area contributed by atoms with Crippen LogP contribution in [0.3, 0.4) is 0 Å². The molecule has 1 aliphatic rings. The van der Waals surface area contributed by atoms with Gasteiger partial charge in [0.15, 0.2) is 0 Å². The van der Waals surface area contributed by atoms with Crippen LogP contribution in [0.25, 0.3) is 5.70 Å². The summed E-state index contributed by atoms with van der Waals surface area (Å²) in [4.78, 5) is 3.71. The molecule has 0 bridgehead atoms. The van der Waals surface area contributed by atoms with Crippen LogP contribution in [0.2, 0.25) is 0 Å². The first-order chi connectivity index (χ1) is 10.6. The fraction of sp³-hybridized carbons (Fsp3) is 0.278. The number of halogens is 2. The van der Waals surface area contributed by atoms with Gasteiger partial charge in [-0.25, -0.2) is 8.78 Å². The van der Waals surface area contributed by atoms with Crippen molar-refractivity contribution in [3.63, 3.8) is 0 Å². The highest BCUT2D eigenvalue weighted by Gasteiger charge is 2.15. The molecule has 2 rings (SSSR count). The number of hydrogen-bond acceptors (Lipinski definition) is 2. The van der Waals surface area contributed by atoms with E-state index in [0.29, 0.717) is 17.0 Å². The highest BCUT2D eigenvalue weighted by molar-refractivity contribution is 5.65. The fourth-order valence-corrected chi connectivity index (χ4v) is 2.45. The Hall–Kier alpha value is -2.23. The van der Waals surface area contributed by atoms with Gasteiger partial charge < -0.3 is 5.32 Å². The Morgan fingerprint density at radius 3 is 2.68 bits per heavy atom. The number of alkyl halides is 2. The molecule has 0 atom stereocenters. The Morgan fingerprint density at radius 1 is 1.27 bits per heavy atom. The molecule has 1 aromatic heterocycles. The standard InChI is InChI=1S/C18H20F2N2/c1-13(7-5-10-15-8-3-4-9-15)22-14(2)16-11-6-12-21-17(16)18(19)20/h5-7,10-12,18,22H,1-4,8-9H2/b7-5-. The van der Waals surface area contributed by atoms with Crippen molar-refractivity contribution in [3.8, 4) is 0 Å². The molecule has 0 aromatic carbocycles. The topological polar surface area (TPSA) is 24.9 Å². The first kappa shape index (κ1) is 16.1. The molecule has 0 spiro atoms. The van der Waals surface area contributed by atoms with Crippen LogP contribution in [0.4, 0.5) is 8.78 Å². The predicted octanol–water partition coefficient (Wildman–Crippen LogP) is 5.15. The summed E-state index contributed by atoms with van der Waals surface area (Å²) in [6.45, 7) is 7.66. The van der Waals surface area contributed by atoms with Crippen LogP contribution in [-0.2, 0) is 0 Å². The number of nitrogens with zero attached hydrogens (tertiary/aromatic N) is 1. The molecule has 0 amide bonds. The van der Waals surface area contributed by atoms with Gasteiger partial charge >= 0.3 is 0 Å². The van der Waals surface area contributed by atoms with Crippen LogP contribution < -0.4 is 5.32 Å². The molecule has 0 saturated heterocycles. The first-order valence-electron chi connectivity index (χ1n) is 7.32. The lowest BCUT2D eigenvalue weighted by atomic mass is 10.1. The van der Waals surface area contributed by atoms with Crippen molar-refractivity contribution < 1.29 is 8.78 Å². The van der Waals surface area contributed by atoms with Crippen LogP contribution in [-0.4, -0.2) is 4.98 Å². The number of allylic oxidation sites excluding steroid dienone is 4. The van der Waals surface area contributed by atoms with E-state index in [1.165, 1.54) is 24.6 Å². The molecule has 2 nitrogen and oxygen atoms in total. The molecule has 4 heteroatoms. The Balaban J connectivity index is 1.98. The van der Waals surface area contributed by atoms with E-state index in [2.05, 4.69) is 29.5 Å². The fourth-order valence-electron chi connectivity index (χ4n) is 2.45. The SMILES string of the molecule is C=C(/C=C\C=C1CCCC1)NC(=C)c1cccnc1C(F)F. The normalized spacial score (nSPS) is 14.6. The molecule has 116 valence electrons. The third-order valence-electron chi connectivity index (χ3n) is 3.56. The summed E-state index contributed by atoms with van der Waals surface area (Å²) in [5.74, 6) is 0. The van der Waals surface area contributed by atoms with Crippen molar-refractivity contribution in [2.45, 2.75) is 32.1 Å². The Kier molecular flexibility index (Phi) is 5.64. The number of aromatic nitrogens is 1. The number of rotatable bonds is 6. The van der Waals surface area contributed by atoms with Crippen LogP contribution in [0.15, 0.2) is 61.0 Å². The van der Waals surface area contributed by atoms with E-state index in [0.717, 1.165) is 12.8 Å². The lowest BCUT2D eigenvalue weighted by Crippen LogP contribution is -2.11. The maximum absolute atomic E-state index is 12.9. The third kappa shape index (κ3) is 4.38. The molecule has 0 aliphatic heterocycles. The number of nitrogens with one attached hydrogen (secondary N) is 1. The number of hydrogen-bond donors (Lipinski definition) is 1. The van der Waals surface area contributed by atoms with Crippen molar-refractivity contribution in [1.29, 1.82) is 0 Å². The van der Waals surface area contributed by atoms with Crippen molar-refractivity contribution in [2.75, 3.05) is 0 Å². The predicted molar refractivity (Wildman–Crippen MR) is 86.2 cm³/mol. The zero-order valence-corrected chi connectivity index (χ0v) is 12.5. The minimum atomic E-state index is -2.63. The van der Waals surface area contributed by atoms with Gasteiger partial charge in [-0.15, -0.1) is 0 Å². The van der Waals surface area contributed by atoms with Crippen molar-refractivity contribution in [2.24, 2.45) is 0 Å². The average molecular weight is 302 g/mol. The van der Waals surface area contributed by atoms with Crippen molar-refractivity contribution >= 4 is 5.70 Å². The highest BCUT2D eigenvalue weighted by Crippen LogP contribution is 2.25. The van der Waals surface area contributed by atoms with Crippen molar-refractivity contribution in [1.82, 2.24) is 10.3 Å². The number of pyridine rings is 1. The van der Waals surface area contributed by atoms with Crippen molar-refractivity contribution in [3.05, 3.63) is 72.2 Å². The van der Waals surface area contributed by atoms with Gasteiger partial charge in [-0.3, -0.25) is 4.98 Å². The summed E-state index contributed by atoms with van der Waals surface area (Å²) in [5.41, 5.74) is 2.44. The van der Waals surface area contributed by atoms with E-state index in [1.54, 1.807) is 12.1 Å². The van der Waals surface area contributed by atoms with Gasteiger partial charge in [-0.1, -0.05) is 30.9 Å². The second kappa shape index (κ2) is 7.69. The molecular formula is C18H20F2N2. The van der Waals surface area contributed by atoms with E-state index in [-0.39, 0.29) is 5.69 Å². The van der Waals surface area contributed by atoms with E-state index < -0.39 is 6.43 Å². The van der Waals surface area contributed by atoms with Gasteiger partial charge in [0.05, 0.1) is 0 Å². The van der Waals surface area contributed by atoms with Crippen LogP contribution >= 0.6 is 0 Å². The first-order valence-corrected chi connectivity index (χ1v) is 7.32.